The largest absolute Gasteiger partial charge is 0.478 e. The Labute approximate surface area is 197 Å². The number of amides is 1. The zero-order chi connectivity index (χ0) is 22.8. The summed E-state index contributed by atoms with van der Waals surface area (Å²) < 4.78 is 52.7. The molecule has 4 rings (SSSR count). The Kier molecular flexibility index (Phi) is 7.77. The Balaban J connectivity index is 0.00000306. The van der Waals surface area contributed by atoms with Gasteiger partial charge in [-0.15, -0.1) is 12.4 Å². The van der Waals surface area contributed by atoms with E-state index in [9.17, 15) is 18.0 Å². The van der Waals surface area contributed by atoms with Crippen molar-refractivity contribution in [3.05, 3.63) is 53.6 Å². The lowest BCUT2D eigenvalue weighted by molar-refractivity contribution is 0.102. The third kappa shape index (κ3) is 5.37. The van der Waals surface area contributed by atoms with Crippen LogP contribution in [0.1, 0.15) is 36.2 Å². The van der Waals surface area contributed by atoms with Crippen LogP contribution in [0.3, 0.4) is 0 Å². The predicted octanol–water partition coefficient (Wildman–Crippen LogP) is 4.53. The van der Waals surface area contributed by atoms with E-state index in [2.05, 4.69) is 14.7 Å². The maximum atomic E-state index is 14.4. The fourth-order valence-electron chi connectivity index (χ4n) is 3.52. The highest BCUT2D eigenvalue weighted by molar-refractivity contribution is 7.08. The van der Waals surface area contributed by atoms with Crippen LogP contribution in [0, 0.1) is 17.5 Å². The summed E-state index contributed by atoms with van der Waals surface area (Å²) in [5.74, 6) is -3.88. The molecule has 1 fully saturated rings. The molecule has 1 aliphatic rings. The van der Waals surface area contributed by atoms with Gasteiger partial charge in [-0.25, -0.2) is 18.2 Å². The van der Waals surface area contributed by atoms with E-state index in [-0.39, 0.29) is 35.9 Å². The molecular weight excluding hydrogens is 479 g/mol. The molecule has 3 aromatic rings. The molecular formula is C21H21ClF3N5O2S. The highest BCUT2D eigenvalue weighted by atomic mass is 35.5. The van der Waals surface area contributed by atoms with Gasteiger partial charge in [0, 0.05) is 23.6 Å². The topological polar surface area (TPSA) is 116 Å². The summed E-state index contributed by atoms with van der Waals surface area (Å²) in [5.41, 5.74) is 9.96. The van der Waals surface area contributed by atoms with E-state index in [1.807, 2.05) is 0 Å². The number of rotatable bonds is 5. The Hall–Kier alpha value is -2.89. The van der Waals surface area contributed by atoms with Gasteiger partial charge in [-0.1, -0.05) is 6.07 Å². The Morgan fingerprint density at radius 1 is 1.12 bits per heavy atom. The minimum absolute atomic E-state index is 0. The first kappa shape index (κ1) is 24.7. The number of aromatic nitrogens is 2. The lowest BCUT2D eigenvalue weighted by atomic mass is 9.94. The van der Waals surface area contributed by atoms with Gasteiger partial charge in [0.2, 0.25) is 5.06 Å². The zero-order valence-corrected chi connectivity index (χ0v) is 18.8. The third-order valence-electron chi connectivity index (χ3n) is 5.20. The van der Waals surface area contributed by atoms with E-state index in [0.717, 1.165) is 61.5 Å². The number of benzene rings is 1. The molecule has 0 saturated heterocycles. The van der Waals surface area contributed by atoms with E-state index in [1.54, 1.807) is 0 Å². The molecule has 1 aliphatic carbocycles. The van der Waals surface area contributed by atoms with Crippen LogP contribution in [-0.2, 0) is 0 Å². The molecule has 33 heavy (non-hydrogen) atoms. The van der Waals surface area contributed by atoms with Crippen molar-refractivity contribution in [1.82, 2.24) is 9.36 Å². The third-order valence-corrected chi connectivity index (χ3v) is 5.89. The fraction of sp³-hybridized carbons (Fsp3) is 0.286. The van der Waals surface area contributed by atoms with Crippen molar-refractivity contribution in [2.24, 2.45) is 5.73 Å². The molecule has 1 saturated carbocycles. The second kappa shape index (κ2) is 10.4. The highest BCUT2D eigenvalue weighted by Gasteiger charge is 2.25. The van der Waals surface area contributed by atoms with Crippen LogP contribution >= 0.6 is 23.9 Å². The quantitative estimate of drug-likeness (QED) is 0.475. The van der Waals surface area contributed by atoms with Crippen LogP contribution < -0.4 is 21.5 Å². The summed E-state index contributed by atoms with van der Waals surface area (Å²) >= 11 is 1.06. The van der Waals surface area contributed by atoms with Crippen LogP contribution in [-0.4, -0.2) is 27.4 Å². The maximum Gasteiger partial charge on any atom is 0.276 e. The number of anilines is 2. The smallest absolute Gasteiger partial charge is 0.276 e. The van der Waals surface area contributed by atoms with Crippen molar-refractivity contribution in [2.75, 3.05) is 11.1 Å². The summed E-state index contributed by atoms with van der Waals surface area (Å²) in [7, 11) is 0. The number of ether oxygens (including phenoxy) is 1. The van der Waals surface area contributed by atoms with Crippen LogP contribution in [0.2, 0.25) is 0 Å². The lowest BCUT2D eigenvalue weighted by Gasteiger charge is -2.26. The fourth-order valence-corrected chi connectivity index (χ4v) is 4.16. The lowest BCUT2D eigenvalue weighted by Crippen LogP contribution is -2.31. The van der Waals surface area contributed by atoms with E-state index in [1.165, 1.54) is 6.20 Å². The molecule has 0 spiro atoms. The number of carbonyl (C=O) groups is 1. The maximum absolute atomic E-state index is 14.4. The Morgan fingerprint density at radius 3 is 2.45 bits per heavy atom. The van der Waals surface area contributed by atoms with Gasteiger partial charge in [-0.3, -0.25) is 4.79 Å². The molecule has 12 heteroatoms. The van der Waals surface area contributed by atoms with Gasteiger partial charge < -0.3 is 21.5 Å². The first-order valence-corrected chi connectivity index (χ1v) is 10.7. The van der Waals surface area contributed by atoms with Gasteiger partial charge in [0.25, 0.3) is 5.91 Å². The van der Waals surface area contributed by atoms with Crippen molar-refractivity contribution < 1.29 is 22.7 Å². The summed E-state index contributed by atoms with van der Waals surface area (Å²) in [6.07, 6.45) is 4.62. The van der Waals surface area contributed by atoms with Crippen molar-refractivity contribution in [1.29, 1.82) is 0 Å². The molecule has 1 amide bonds. The minimum Gasteiger partial charge on any atom is -0.478 e. The van der Waals surface area contributed by atoms with Crippen molar-refractivity contribution in [2.45, 2.75) is 37.8 Å². The van der Waals surface area contributed by atoms with E-state index in [0.29, 0.717) is 10.8 Å². The standard InChI is InChI=1S/C21H20F3N5O2S.ClH/c22-12-2-1-3-13(23)17(12)18-14(24)8-15(26)19(29-18)20(30)28-16-9-27-32-21(16)31-11-6-4-10(25)5-7-11;/h1-3,8-11H,4-7,25-26H2,(H,28,30);1H. The number of nitrogens with two attached hydrogens (primary N) is 2. The molecule has 5 N–H and O–H groups in total. The van der Waals surface area contributed by atoms with Crippen molar-refractivity contribution in [3.8, 4) is 16.3 Å². The van der Waals surface area contributed by atoms with Gasteiger partial charge in [-0.2, -0.15) is 4.37 Å². The van der Waals surface area contributed by atoms with Crippen LogP contribution in [0.5, 0.6) is 5.06 Å². The van der Waals surface area contributed by atoms with Crippen molar-refractivity contribution in [3.63, 3.8) is 0 Å². The predicted molar refractivity (Wildman–Crippen MR) is 122 cm³/mol. The summed E-state index contributed by atoms with van der Waals surface area (Å²) in [6, 6.07) is 4.04. The molecule has 2 aromatic heterocycles. The minimum atomic E-state index is -1.06. The van der Waals surface area contributed by atoms with Gasteiger partial charge >= 0.3 is 0 Å². The number of carbonyl (C=O) groups excluding carboxylic acids is 1. The second-order valence-corrected chi connectivity index (χ2v) is 8.25. The normalized spacial score (nSPS) is 17.8. The number of nitrogens with one attached hydrogen (secondary N) is 1. The second-order valence-electron chi connectivity index (χ2n) is 7.49. The number of hydrogen-bond donors (Lipinski definition) is 3. The molecule has 0 aliphatic heterocycles. The summed E-state index contributed by atoms with van der Waals surface area (Å²) in [6.45, 7) is 0. The van der Waals surface area contributed by atoms with Gasteiger partial charge in [0.1, 0.15) is 23.0 Å². The molecule has 0 radical (unpaired) electrons. The summed E-state index contributed by atoms with van der Waals surface area (Å²) in [5, 5.41) is 2.98. The van der Waals surface area contributed by atoms with Gasteiger partial charge in [0.15, 0.2) is 11.5 Å². The monoisotopic (exact) mass is 499 g/mol. The molecule has 1 aromatic carbocycles. The zero-order valence-electron chi connectivity index (χ0n) is 17.2. The molecule has 0 unspecified atom stereocenters. The average Bonchev–Trinajstić information content (AvgIpc) is 3.17. The van der Waals surface area contributed by atoms with E-state index in [4.69, 9.17) is 16.2 Å². The molecule has 0 bridgehead atoms. The molecule has 7 nitrogen and oxygen atoms in total. The summed E-state index contributed by atoms with van der Waals surface area (Å²) in [4.78, 5) is 16.7. The van der Waals surface area contributed by atoms with Crippen molar-refractivity contribution >= 4 is 41.2 Å². The Bertz CT molecular complexity index is 1130. The highest BCUT2D eigenvalue weighted by Crippen LogP contribution is 2.34. The number of halogens is 4. The Morgan fingerprint density at radius 2 is 1.79 bits per heavy atom. The van der Waals surface area contributed by atoms with Crippen LogP contribution in [0.25, 0.3) is 11.3 Å². The van der Waals surface area contributed by atoms with E-state index < -0.39 is 34.6 Å². The molecule has 0 atom stereocenters. The molecule has 2 heterocycles. The van der Waals surface area contributed by atoms with E-state index >= 15 is 0 Å². The molecule has 176 valence electrons. The van der Waals surface area contributed by atoms with Gasteiger partial charge in [0.05, 0.1) is 23.6 Å². The first-order chi connectivity index (χ1) is 15.3. The van der Waals surface area contributed by atoms with Crippen LogP contribution in [0.15, 0.2) is 30.5 Å². The number of nitrogens with zero attached hydrogens (tertiary/aromatic N) is 2. The SMILES string of the molecule is Cl.Nc1cc(F)c(-c2c(F)cccc2F)nc1C(=O)Nc1cnsc1OC1CCC(N)CC1. The first-order valence-electron chi connectivity index (χ1n) is 9.92. The van der Waals surface area contributed by atoms with Crippen LogP contribution in [0.4, 0.5) is 24.5 Å². The number of nitrogen functional groups attached to an aromatic ring is 1. The average molecular weight is 500 g/mol. The number of hydrogen-bond acceptors (Lipinski definition) is 7. The number of pyridine rings is 1. The van der Waals surface area contributed by atoms with Gasteiger partial charge in [-0.05, 0) is 37.8 Å².